The zero-order valence-electron chi connectivity index (χ0n) is 8.51. The fourth-order valence-corrected chi connectivity index (χ4v) is 1.49. The van der Waals surface area contributed by atoms with Crippen molar-refractivity contribution in [3.8, 4) is 11.4 Å². The second-order valence-corrected chi connectivity index (χ2v) is 3.41. The maximum Gasteiger partial charge on any atom is 0.115 e. The number of phenols is 1. The summed E-state index contributed by atoms with van der Waals surface area (Å²) in [5.74, 6) is 0.252. The second kappa shape index (κ2) is 3.74. The molecule has 0 spiro atoms. The maximum absolute atomic E-state index is 9.17. The summed E-state index contributed by atoms with van der Waals surface area (Å²) in [5, 5.41) is 13.5. The van der Waals surface area contributed by atoms with Gasteiger partial charge >= 0.3 is 0 Å². The van der Waals surface area contributed by atoms with Gasteiger partial charge in [0.25, 0.3) is 0 Å². The molecular formula is C11H13N3O. The molecule has 0 bridgehead atoms. The van der Waals surface area contributed by atoms with Crippen LogP contribution in [0, 0.1) is 6.92 Å². The van der Waals surface area contributed by atoms with E-state index >= 15 is 0 Å². The molecule has 0 aliphatic rings. The molecule has 1 aromatic heterocycles. The smallest absolute Gasteiger partial charge is 0.115 e. The Morgan fingerprint density at radius 1 is 1.33 bits per heavy atom. The van der Waals surface area contributed by atoms with Crippen LogP contribution in [0.1, 0.15) is 11.4 Å². The van der Waals surface area contributed by atoms with Crippen molar-refractivity contribution in [3.63, 3.8) is 0 Å². The highest BCUT2D eigenvalue weighted by molar-refractivity contribution is 5.37. The number of aromatic hydroxyl groups is 1. The third-order valence-electron chi connectivity index (χ3n) is 2.24. The van der Waals surface area contributed by atoms with Crippen molar-refractivity contribution in [1.29, 1.82) is 0 Å². The van der Waals surface area contributed by atoms with Crippen LogP contribution in [0.5, 0.6) is 5.75 Å². The van der Waals surface area contributed by atoms with Gasteiger partial charge in [0.05, 0.1) is 11.4 Å². The first-order valence-electron chi connectivity index (χ1n) is 4.75. The highest BCUT2D eigenvalue weighted by atomic mass is 16.3. The van der Waals surface area contributed by atoms with Crippen LogP contribution in [0.25, 0.3) is 5.69 Å². The van der Waals surface area contributed by atoms with E-state index < -0.39 is 0 Å². The zero-order valence-corrected chi connectivity index (χ0v) is 8.51. The molecule has 1 aromatic carbocycles. The van der Waals surface area contributed by atoms with Crippen LogP contribution in [-0.2, 0) is 6.54 Å². The molecule has 0 aliphatic heterocycles. The SMILES string of the molecule is Cc1cc(CN)nn1-c1ccc(O)cc1. The minimum absolute atomic E-state index is 0.252. The Balaban J connectivity index is 2.44. The van der Waals surface area contributed by atoms with Crippen LogP contribution in [0.2, 0.25) is 0 Å². The second-order valence-electron chi connectivity index (χ2n) is 3.41. The lowest BCUT2D eigenvalue weighted by molar-refractivity contribution is 0.475. The molecule has 0 atom stereocenters. The molecule has 4 heteroatoms. The summed E-state index contributed by atoms with van der Waals surface area (Å²) in [7, 11) is 0. The number of hydrogen-bond acceptors (Lipinski definition) is 3. The third-order valence-corrected chi connectivity index (χ3v) is 2.24. The maximum atomic E-state index is 9.17. The van der Waals surface area contributed by atoms with Gasteiger partial charge in [-0.05, 0) is 37.3 Å². The third kappa shape index (κ3) is 1.85. The monoisotopic (exact) mass is 203 g/mol. The molecular weight excluding hydrogens is 190 g/mol. The minimum atomic E-state index is 0.252. The average Bonchev–Trinajstić information content (AvgIpc) is 2.61. The number of benzene rings is 1. The average molecular weight is 203 g/mol. The highest BCUT2D eigenvalue weighted by Gasteiger charge is 2.04. The lowest BCUT2D eigenvalue weighted by Gasteiger charge is -2.03. The van der Waals surface area contributed by atoms with E-state index in [1.807, 2.05) is 29.8 Å². The summed E-state index contributed by atoms with van der Waals surface area (Å²) in [6.07, 6.45) is 0. The van der Waals surface area contributed by atoms with Gasteiger partial charge in [0.1, 0.15) is 5.75 Å². The number of phenolic OH excluding ortho intramolecular Hbond substituents is 1. The molecule has 15 heavy (non-hydrogen) atoms. The van der Waals surface area contributed by atoms with E-state index in [1.54, 1.807) is 12.1 Å². The van der Waals surface area contributed by atoms with Gasteiger partial charge in [-0.25, -0.2) is 4.68 Å². The van der Waals surface area contributed by atoms with Crippen molar-refractivity contribution in [2.45, 2.75) is 13.5 Å². The quantitative estimate of drug-likeness (QED) is 0.774. The van der Waals surface area contributed by atoms with Gasteiger partial charge < -0.3 is 10.8 Å². The number of nitrogens with zero attached hydrogens (tertiary/aromatic N) is 2. The van der Waals surface area contributed by atoms with Gasteiger partial charge in [-0.2, -0.15) is 5.10 Å². The molecule has 0 fully saturated rings. The van der Waals surface area contributed by atoms with Crippen molar-refractivity contribution < 1.29 is 5.11 Å². The fraction of sp³-hybridized carbons (Fsp3) is 0.182. The molecule has 3 N–H and O–H groups in total. The molecule has 0 aliphatic carbocycles. The number of rotatable bonds is 2. The molecule has 0 radical (unpaired) electrons. The largest absolute Gasteiger partial charge is 0.508 e. The predicted octanol–water partition coefficient (Wildman–Crippen LogP) is 1.35. The van der Waals surface area contributed by atoms with E-state index in [2.05, 4.69) is 5.10 Å². The molecule has 2 rings (SSSR count). The van der Waals surface area contributed by atoms with Crippen LogP contribution < -0.4 is 5.73 Å². The molecule has 0 saturated carbocycles. The van der Waals surface area contributed by atoms with Gasteiger partial charge in [-0.1, -0.05) is 0 Å². The number of aromatic nitrogens is 2. The van der Waals surface area contributed by atoms with Crippen LogP contribution in [0.3, 0.4) is 0 Å². The number of nitrogens with two attached hydrogens (primary N) is 1. The molecule has 0 saturated heterocycles. The van der Waals surface area contributed by atoms with E-state index in [0.717, 1.165) is 17.1 Å². The lowest BCUT2D eigenvalue weighted by Crippen LogP contribution is -2.01. The van der Waals surface area contributed by atoms with E-state index in [1.165, 1.54) is 0 Å². The Morgan fingerprint density at radius 3 is 2.53 bits per heavy atom. The summed E-state index contributed by atoms with van der Waals surface area (Å²) in [4.78, 5) is 0. The van der Waals surface area contributed by atoms with Crippen LogP contribution >= 0.6 is 0 Å². The van der Waals surface area contributed by atoms with Crippen molar-refractivity contribution in [2.75, 3.05) is 0 Å². The fourth-order valence-electron chi connectivity index (χ4n) is 1.49. The first-order valence-corrected chi connectivity index (χ1v) is 4.75. The Bertz CT molecular complexity index is 459. The predicted molar refractivity (Wildman–Crippen MR) is 57.9 cm³/mol. The highest BCUT2D eigenvalue weighted by Crippen LogP contribution is 2.15. The summed E-state index contributed by atoms with van der Waals surface area (Å²) < 4.78 is 1.81. The molecule has 78 valence electrons. The van der Waals surface area contributed by atoms with E-state index in [-0.39, 0.29) is 5.75 Å². The summed E-state index contributed by atoms with van der Waals surface area (Å²) in [6, 6.07) is 8.86. The van der Waals surface area contributed by atoms with Gasteiger partial charge in [0.2, 0.25) is 0 Å². The molecule has 2 aromatic rings. The lowest BCUT2D eigenvalue weighted by atomic mass is 10.3. The summed E-state index contributed by atoms with van der Waals surface area (Å²) in [6.45, 7) is 2.41. The zero-order chi connectivity index (χ0) is 10.8. The molecule has 1 heterocycles. The van der Waals surface area contributed by atoms with Crippen molar-refractivity contribution >= 4 is 0 Å². The first-order chi connectivity index (χ1) is 7.20. The Morgan fingerprint density at radius 2 is 2.00 bits per heavy atom. The van der Waals surface area contributed by atoms with Crippen LogP contribution in [0.4, 0.5) is 0 Å². The van der Waals surface area contributed by atoms with Crippen molar-refractivity contribution in [2.24, 2.45) is 5.73 Å². The van der Waals surface area contributed by atoms with E-state index in [0.29, 0.717) is 6.54 Å². The Labute approximate surface area is 88.0 Å². The van der Waals surface area contributed by atoms with Gasteiger partial charge in [0, 0.05) is 12.2 Å². The molecule has 4 nitrogen and oxygen atoms in total. The molecule has 0 amide bonds. The Kier molecular flexibility index (Phi) is 2.43. The Hall–Kier alpha value is -1.81. The standard InChI is InChI=1S/C11H13N3O/c1-8-6-9(7-12)13-14(8)10-2-4-11(15)5-3-10/h2-6,15H,7,12H2,1H3. The first kappa shape index (κ1) is 9.73. The van der Waals surface area contributed by atoms with E-state index in [4.69, 9.17) is 5.73 Å². The van der Waals surface area contributed by atoms with Gasteiger partial charge in [-0.15, -0.1) is 0 Å². The number of hydrogen-bond donors (Lipinski definition) is 2. The summed E-state index contributed by atoms with van der Waals surface area (Å²) >= 11 is 0. The van der Waals surface area contributed by atoms with Gasteiger partial charge in [0.15, 0.2) is 0 Å². The van der Waals surface area contributed by atoms with Gasteiger partial charge in [-0.3, -0.25) is 0 Å². The van der Waals surface area contributed by atoms with E-state index in [9.17, 15) is 5.11 Å². The van der Waals surface area contributed by atoms with Crippen molar-refractivity contribution in [3.05, 3.63) is 41.7 Å². The van der Waals surface area contributed by atoms with Crippen LogP contribution in [0.15, 0.2) is 30.3 Å². The normalized spacial score (nSPS) is 10.5. The van der Waals surface area contributed by atoms with Crippen molar-refractivity contribution in [1.82, 2.24) is 9.78 Å². The molecule has 0 unspecified atom stereocenters. The summed E-state index contributed by atoms with van der Waals surface area (Å²) in [5.41, 5.74) is 8.33. The topological polar surface area (TPSA) is 64.1 Å². The number of aryl methyl sites for hydroxylation is 1. The van der Waals surface area contributed by atoms with Crippen LogP contribution in [-0.4, -0.2) is 14.9 Å². The minimum Gasteiger partial charge on any atom is -0.508 e.